The average molecular weight is 304 g/mol. The summed E-state index contributed by atoms with van der Waals surface area (Å²) in [4.78, 5) is 24.4. The summed E-state index contributed by atoms with van der Waals surface area (Å²) >= 11 is 1.34. The molecule has 2 N–H and O–H groups in total. The van der Waals surface area contributed by atoms with Crippen molar-refractivity contribution in [1.82, 2.24) is 20.0 Å². The van der Waals surface area contributed by atoms with Crippen LogP contribution in [0.5, 0.6) is 0 Å². The summed E-state index contributed by atoms with van der Waals surface area (Å²) < 4.78 is 1.94. The number of carbonyl (C=O) groups excluding carboxylic acids is 1. The van der Waals surface area contributed by atoms with Gasteiger partial charge in [0.25, 0.3) is 5.91 Å². The first kappa shape index (κ1) is 12.7. The van der Waals surface area contributed by atoms with Crippen LogP contribution in [-0.2, 0) is 22.7 Å². The van der Waals surface area contributed by atoms with Gasteiger partial charge in [0.1, 0.15) is 11.1 Å². The Balaban J connectivity index is 1.60. The monoisotopic (exact) mass is 304 g/mol. The molecular formula is C13H12N4O3S. The molecule has 0 aliphatic carbocycles. The maximum atomic E-state index is 12.1. The quantitative estimate of drug-likeness (QED) is 0.600. The van der Waals surface area contributed by atoms with E-state index in [9.17, 15) is 9.59 Å². The summed E-state index contributed by atoms with van der Waals surface area (Å²) in [5, 5.41) is 18.0. The number of hydrogen-bond donors (Lipinski definition) is 2. The molecule has 4 rings (SSSR count). The van der Waals surface area contributed by atoms with Crippen molar-refractivity contribution in [2.45, 2.75) is 18.5 Å². The lowest BCUT2D eigenvalue weighted by molar-refractivity contribution is -0.141. The van der Waals surface area contributed by atoms with Crippen molar-refractivity contribution < 1.29 is 14.7 Å². The predicted octanol–water partition coefficient (Wildman–Crippen LogP) is 0.211. The summed E-state index contributed by atoms with van der Waals surface area (Å²) in [6, 6.07) is 1.96. The van der Waals surface area contributed by atoms with Crippen LogP contribution in [0.2, 0.25) is 0 Å². The summed E-state index contributed by atoms with van der Waals surface area (Å²) in [6.45, 7) is 2.49. The van der Waals surface area contributed by atoms with E-state index in [0.29, 0.717) is 5.57 Å². The van der Waals surface area contributed by atoms with Gasteiger partial charge in [0.05, 0.1) is 23.5 Å². The molecule has 3 aliphatic heterocycles. The Bertz CT molecular complexity index is 697. The first-order valence-corrected chi connectivity index (χ1v) is 7.51. The molecule has 1 fully saturated rings. The van der Waals surface area contributed by atoms with E-state index in [0.717, 1.165) is 31.0 Å². The first-order valence-electron chi connectivity index (χ1n) is 6.56. The third kappa shape index (κ3) is 1.83. The number of aliphatic carboxylic acids is 1. The number of nitrogens with one attached hydrogen (secondary N) is 1. The number of thioether (sulfide) groups is 1. The number of aromatic nitrogens is 2. The van der Waals surface area contributed by atoms with Crippen LogP contribution in [0.4, 0.5) is 0 Å². The van der Waals surface area contributed by atoms with Gasteiger partial charge >= 0.3 is 5.97 Å². The van der Waals surface area contributed by atoms with Gasteiger partial charge in [0.15, 0.2) is 0 Å². The van der Waals surface area contributed by atoms with E-state index in [1.165, 1.54) is 22.1 Å². The molecule has 0 saturated carbocycles. The molecule has 0 aromatic carbocycles. The van der Waals surface area contributed by atoms with Crippen LogP contribution in [0, 0.1) is 0 Å². The number of rotatable bonds is 2. The minimum Gasteiger partial charge on any atom is -0.477 e. The van der Waals surface area contributed by atoms with Crippen LogP contribution in [0.1, 0.15) is 11.4 Å². The number of carboxylic acid groups (broad SMARTS) is 1. The molecule has 1 aromatic rings. The largest absolute Gasteiger partial charge is 0.477 e. The molecule has 0 spiro atoms. The predicted molar refractivity (Wildman–Crippen MR) is 75.9 cm³/mol. The Hall–Kier alpha value is -2.06. The second-order valence-electron chi connectivity index (χ2n) is 5.03. The van der Waals surface area contributed by atoms with Gasteiger partial charge in [-0.15, -0.1) is 11.8 Å². The van der Waals surface area contributed by atoms with E-state index in [1.54, 1.807) is 6.08 Å². The van der Waals surface area contributed by atoms with Gasteiger partial charge < -0.3 is 10.4 Å². The van der Waals surface area contributed by atoms with E-state index in [4.69, 9.17) is 5.11 Å². The third-order valence-electron chi connectivity index (χ3n) is 3.75. The zero-order valence-electron chi connectivity index (χ0n) is 10.9. The highest BCUT2D eigenvalue weighted by atomic mass is 32.2. The molecular weight excluding hydrogens is 292 g/mol. The number of hydrogen-bond acceptors (Lipinski definition) is 5. The van der Waals surface area contributed by atoms with Gasteiger partial charge in [-0.3, -0.25) is 14.4 Å². The summed E-state index contributed by atoms with van der Waals surface area (Å²) in [6.07, 6.45) is 1.76. The molecule has 108 valence electrons. The summed E-state index contributed by atoms with van der Waals surface area (Å²) in [7, 11) is 0. The molecule has 1 atom stereocenters. The van der Waals surface area contributed by atoms with Crippen molar-refractivity contribution in [2.24, 2.45) is 0 Å². The van der Waals surface area contributed by atoms with Gasteiger partial charge in [-0.1, -0.05) is 0 Å². The van der Waals surface area contributed by atoms with Gasteiger partial charge in [-0.2, -0.15) is 5.10 Å². The van der Waals surface area contributed by atoms with Crippen molar-refractivity contribution in [3.05, 3.63) is 34.1 Å². The minimum absolute atomic E-state index is 0.0560. The van der Waals surface area contributed by atoms with Crippen molar-refractivity contribution >= 4 is 29.7 Å². The Kier molecular flexibility index (Phi) is 2.69. The molecule has 1 aromatic heterocycles. The van der Waals surface area contributed by atoms with Crippen molar-refractivity contribution in [3.63, 3.8) is 0 Å². The molecule has 1 amide bonds. The number of carbonyl (C=O) groups is 2. The van der Waals surface area contributed by atoms with Gasteiger partial charge in [-0.25, -0.2) is 4.79 Å². The Morgan fingerprint density at radius 3 is 3.19 bits per heavy atom. The number of fused-ring (bicyclic) bond motifs is 2. The molecule has 0 radical (unpaired) electrons. The zero-order chi connectivity index (χ0) is 14.6. The number of β-lactam (4-membered cyclic amide) rings is 1. The normalized spacial score (nSPS) is 25.4. The molecule has 8 heteroatoms. The number of amides is 1. The smallest absolute Gasteiger partial charge is 0.353 e. The molecule has 1 saturated heterocycles. The molecule has 4 heterocycles. The zero-order valence-corrected chi connectivity index (χ0v) is 11.8. The van der Waals surface area contributed by atoms with Gasteiger partial charge in [0.2, 0.25) is 0 Å². The first-order chi connectivity index (χ1) is 10.1. The fourth-order valence-electron chi connectivity index (χ4n) is 2.71. The lowest BCUT2D eigenvalue weighted by Gasteiger charge is -2.36. The fourth-order valence-corrected chi connectivity index (χ4v) is 3.83. The lowest BCUT2D eigenvalue weighted by Crippen LogP contribution is -2.51. The van der Waals surface area contributed by atoms with Crippen molar-refractivity contribution in [2.75, 3.05) is 6.54 Å². The van der Waals surface area contributed by atoms with Crippen LogP contribution in [0.15, 0.2) is 22.7 Å². The maximum Gasteiger partial charge on any atom is 0.353 e. The standard InChI is InChI=1S/C13H12N4O3S/c18-11-9(12-17(11)10(6-21-12)13(19)20)4-7-3-8-5-14-1-2-16(8)15-7/h3-4,6,12,14H,1-2,5H2,(H,19,20)/t12-/m1/s1. The molecule has 21 heavy (non-hydrogen) atoms. The van der Waals surface area contributed by atoms with Gasteiger partial charge in [0, 0.05) is 18.5 Å². The van der Waals surface area contributed by atoms with E-state index in [1.807, 2.05) is 10.7 Å². The van der Waals surface area contributed by atoms with E-state index < -0.39 is 5.97 Å². The summed E-state index contributed by atoms with van der Waals surface area (Å²) in [5.41, 5.74) is 2.51. The van der Waals surface area contributed by atoms with Crippen LogP contribution in [0.3, 0.4) is 0 Å². The second-order valence-corrected chi connectivity index (χ2v) is 5.99. The molecule has 0 bridgehead atoms. The molecule has 3 aliphatic rings. The topological polar surface area (TPSA) is 87.5 Å². The third-order valence-corrected chi connectivity index (χ3v) is 4.83. The SMILES string of the molecule is O=C(O)C1=CS[C@@H]2C(=Cc3cc4n(n3)CCNC4)C(=O)N12. The van der Waals surface area contributed by atoms with Crippen LogP contribution in [0.25, 0.3) is 6.08 Å². The van der Waals surface area contributed by atoms with Crippen molar-refractivity contribution in [1.29, 1.82) is 0 Å². The van der Waals surface area contributed by atoms with E-state index >= 15 is 0 Å². The summed E-state index contributed by atoms with van der Waals surface area (Å²) in [5.74, 6) is -1.32. The Morgan fingerprint density at radius 1 is 1.57 bits per heavy atom. The minimum atomic E-state index is -1.07. The Labute approximate surface area is 124 Å². The number of carboxylic acids is 1. The molecule has 7 nitrogen and oxygen atoms in total. The van der Waals surface area contributed by atoms with Crippen LogP contribution in [-0.4, -0.2) is 43.6 Å². The van der Waals surface area contributed by atoms with E-state index in [-0.39, 0.29) is 17.0 Å². The highest BCUT2D eigenvalue weighted by Gasteiger charge is 2.49. The van der Waals surface area contributed by atoms with Crippen molar-refractivity contribution in [3.8, 4) is 0 Å². The van der Waals surface area contributed by atoms with Gasteiger partial charge in [-0.05, 0) is 12.1 Å². The lowest BCUT2D eigenvalue weighted by atomic mass is 10.0. The van der Waals surface area contributed by atoms with E-state index in [2.05, 4.69) is 10.4 Å². The average Bonchev–Trinajstić information content (AvgIpc) is 3.05. The highest BCUT2D eigenvalue weighted by Crippen LogP contribution is 2.44. The fraction of sp³-hybridized carbons (Fsp3) is 0.308. The molecule has 0 unspecified atom stereocenters. The Morgan fingerprint density at radius 2 is 2.43 bits per heavy atom. The van der Waals surface area contributed by atoms with Crippen LogP contribution < -0.4 is 5.32 Å². The highest BCUT2D eigenvalue weighted by molar-refractivity contribution is 8.03. The second kappa shape index (κ2) is 4.47. The maximum absolute atomic E-state index is 12.1. The number of nitrogens with zero attached hydrogens (tertiary/aromatic N) is 3. The van der Waals surface area contributed by atoms with Crippen LogP contribution >= 0.6 is 11.8 Å².